The molecule has 2 amide bonds. The molecule has 0 bridgehead atoms. The number of hydrogen-bond donors (Lipinski definition) is 0. The van der Waals surface area contributed by atoms with Gasteiger partial charge in [-0.2, -0.15) is 0 Å². The first-order valence-electron chi connectivity index (χ1n) is 7.02. The van der Waals surface area contributed by atoms with Crippen molar-refractivity contribution in [2.75, 3.05) is 20.1 Å². The average molecular weight is 294 g/mol. The monoisotopic (exact) mass is 294 g/mol. The first kappa shape index (κ1) is 15.0. The van der Waals surface area contributed by atoms with Crippen molar-refractivity contribution in [1.29, 1.82) is 0 Å². The Morgan fingerprint density at radius 3 is 2.90 bits per heavy atom. The number of thiophene rings is 1. The fourth-order valence-electron chi connectivity index (χ4n) is 2.58. The van der Waals surface area contributed by atoms with Crippen LogP contribution in [0.4, 0.5) is 0 Å². The van der Waals surface area contributed by atoms with Crippen LogP contribution in [-0.2, 0) is 16.1 Å². The summed E-state index contributed by atoms with van der Waals surface area (Å²) < 4.78 is 0. The fraction of sp³-hybridized carbons (Fsp3) is 0.600. The van der Waals surface area contributed by atoms with Crippen molar-refractivity contribution in [3.8, 4) is 0 Å². The molecule has 0 unspecified atom stereocenters. The van der Waals surface area contributed by atoms with Crippen molar-refractivity contribution in [3.05, 3.63) is 22.4 Å². The van der Waals surface area contributed by atoms with Crippen LogP contribution in [-0.4, -0.2) is 41.8 Å². The van der Waals surface area contributed by atoms with Crippen LogP contribution in [0.5, 0.6) is 0 Å². The second kappa shape index (κ2) is 6.39. The van der Waals surface area contributed by atoms with Gasteiger partial charge in [0.15, 0.2) is 0 Å². The van der Waals surface area contributed by atoms with Gasteiger partial charge in [0, 0.05) is 31.4 Å². The Morgan fingerprint density at radius 2 is 2.30 bits per heavy atom. The molecule has 0 aliphatic carbocycles. The molecule has 0 aromatic carbocycles. The fourth-order valence-corrected chi connectivity index (χ4v) is 3.34. The number of likely N-dealkylation sites (tertiary alicyclic amines) is 1. The topological polar surface area (TPSA) is 40.6 Å². The molecule has 0 radical (unpaired) electrons. The van der Waals surface area contributed by atoms with Gasteiger partial charge in [-0.15, -0.1) is 11.3 Å². The van der Waals surface area contributed by atoms with E-state index in [1.54, 1.807) is 16.2 Å². The first-order chi connectivity index (χ1) is 9.47. The number of rotatable bonds is 5. The molecule has 1 atom stereocenters. The van der Waals surface area contributed by atoms with Crippen molar-refractivity contribution in [2.24, 2.45) is 11.8 Å². The lowest BCUT2D eigenvalue weighted by Gasteiger charge is -2.21. The Labute approximate surface area is 124 Å². The standard InChI is InChI=1S/C15H22N2O2S/c1-11(2)8-17-9-12(7-14(17)18)15(19)16(3)10-13-5-4-6-20-13/h4-6,11-12H,7-10H2,1-3H3/t12-/m0/s1. The van der Waals surface area contributed by atoms with Gasteiger partial charge >= 0.3 is 0 Å². The number of carbonyl (C=O) groups excluding carboxylic acids is 2. The third kappa shape index (κ3) is 3.60. The van der Waals surface area contributed by atoms with Gasteiger partial charge in [-0.3, -0.25) is 9.59 Å². The summed E-state index contributed by atoms with van der Waals surface area (Å²) in [6.45, 7) is 6.13. The Morgan fingerprint density at radius 1 is 1.55 bits per heavy atom. The lowest BCUT2D eigenvalue weighted by atomic mass is 10.1. The molecule has 1 saturated heterocycles. The molecular formula is C15H22N2O2S. The van der Waals surface area contributed by atoms with Gasteiger partial charge in [-0.05, 0) is 17.4 Å². The second-order valence-corrected chi connectivity index (χ2v) is 6.90. The van der Waals surface area contributed by atoms with E-state index in [1.165, 1.54) is 4.88 Å². The molecular weight excluding hydrogens is 272 g/mol. The summed E-state index contributed by atoms with van der Waals surface area (Å²) in [6, 6.07) is 4.01. The summed E-state index contributed by atoms with van der Waals surface area (Å²) in [5.41, 5.74) is 0. The molecule has 2 rings (SSSR count). The third-order valence-corrected chi connectivity index (χ3v) is 4.36. The largest absolute Gasteiger partial charge is 0.342 e. The smallest absolute Gasteiger partial charge is 0.228 e. The molecule has 1 aliphatic rings. The highest BCUT2D eigenvalue weighted by atomic mass is 32.1. The van der Waals surface area contributed by atoms with E-state index in [2.05, 4.69) is 13.8 Å². The van der Waals surface area contributed by atoms with Crippen molar-refractivity contribution in [3.63, 3.8) is 0 Å². The zero-order valence-electron chi connectivity index (χ0n) is 12.3. The Bertz CT molecular complexity index is 470. The lowest BCUT2D eigenvalue weighted by molar-refractivity contribution is -0.135. The van der Waals surface area contributed by atoms with Gasteiger partial charge < -0.3 is 9.80 Å². The van der Waals surface area contributed by atoms with E-state index in [9.17, 15) is 9.59 Å². The summed E-state index contributed by atoms with van der Waals surface area (Å²) >= 11 is 1.65. The van der Waals surface area contributed by atoms with Crippen LogP contribution in [0.15, 0.2) is 17.5 Å². The highest BCUT2D eigenvalue weighted by molar-refractivity contribution is 7.09. The number of carbonyl (C=O) groups is 2. The van der Waals surface area contributed by atoms with Gasteiger partial charge in [0.05, 0.1) is 12.5 Å². The van der Waals surface area contributed by atoms with Gasteiger partial charge in [-0.25, -0.2) is 0 Å². The molecule has 20 heavy (non-hydrogen) atoms. The molecule has 1 aromatic heterocycles. The minimum absolute atomic E-state index is 0.0815. The predicted octanol–water partition coefficient (Wildman–Crippen LogP) is 2.21. The van der Waals surface area contributed by atoms with Crippen LogP contribution in [0.2, 0.25) is 0 Å². The highest BCUT2D eigenvalue weighted by Crippen LogP contribution is 2.22. The third-order valence-electron chi connectivity index (χ3n) is 3.50. The van der Waals surface area contributed by atoms with Crippen LogP contribution >= 0.6 is 11.3 Å². The van der Waals surface area contributed by atoms with E-state index in [1.807, 2.05) is 29.5 Å². The van der Waals surface area contributed by atoms with Crippen LogP contribution in [0.1, 0.15) is 25.1 Å². The maximum absolute atomic E-state index is 12.4. The average Bonchev–Trinajstić information content (AvgIpc) is 2.99. The molecule has 1 fully saturated rings. The molecule has 110 valence electrons. The summed E-state index contributed by atoms with van der Waals surface area (Å²) in [5, 5.41) is 2.01. The molecule has 5 heteroatoms. The van der Waals surface area contributed by atoms with E-state index in [0.717, 1.165) is 6.54 Å². The molecule has 4 nitrogen and oxygen atoms in total. The van der Waals surface area contributed by atoms with Crippen LogP contribution < -0.4 is 0 Å². The van der Waals surface area contributed by atoms with Gasteiger partial charge in [-0.1, -0.05) is 19.9 Å². The summed E-state index contributed by atoms with van der Waals surface area (Å²) in [6.07, 6.45) is 0.361. The molecule has 1 aromatic rings. The van der Waals surface area contributed by atoms with E-state index in [-0.39, 0.29) is 17.7 Å². The van der Waals surface area contributed by atoms with E-state index in [4.69, 9.17) is 0 Å². The van der Waals surface area contributed by atoms with Crippen molar-refractivity contribution in [1.82, 2.24) is 9.80 Å². The minimum atomic E-state index is -0.175. The molecule has 0 spiro atoms. The molecule has 2 heterocycles. The molecule has 0 N–H and O–H groups in total. The van der Waals surface area contributed by atoms with E-state index < -0.39 is 0 Å². The van der Waals surface area contributed by atoms with E-state index >= 15 is 0 Å². The number of amides is 2. The van der Waals surface area contributed by atoms with Gasteiger partial charge in [0.25, 0.3) is 0 Å². The summed E-state index contributed by atoms with van der Waals surface area (Å²) in [4.78, 5) is 29.1. The maximum atomic E-state index is 12.4. The van der Waals surface area contributed by atoms with Crippen LogP contribution in [0.25, 0.3) is 0 Å². The predicted molar refractivity (Wildman–Crippen MR) is 80.3 cm³/mol. The Balaban J connectivity index is 1.91. The molecule has 1 aliphatic heterocycles. The van der Waals surface area contributed by atoms with Crippen molar-refractivity contribution < 1.29 is 9.59 Å². The number of nitrogens with zero attached hydrogens (tertiary/aromatic N) is 2. The SMILES string of the molecule is CC(C)CN1C[C@@H](C(=O)N(C)Cc2cccs2)CC1=O. The Hall–Kier alpha value is -1.36. The number of hydrogen-bond acceptors (Lipinski definition) is 3. The Kier molecular flexibility index (Phi) is 4.81. The summed E-state index contributed by atoms with van der Waals surface area (Å²) in [5.74, 6) is 0.461. The van der Waals surface area contributed by atoms with Gasteiger partial charge in [0.2, 0.25) is 11.8 Å². The van der Waals surface area contributed by atoms with Gasteiger partial charge in [0.1, 0.15) is 0 Å². The quantitative estimate of drug-likeness (QED) is 0.835. The molecule has 0 saturated carbocycles. The first-order valence-corrected chi connectivity index (χ1v) is 7.90. The van der Waals surface area contributed by atoms with Crippen molar-refractivity contribution in [2.45, 2.75) is 26.8 Å². The zero-order chi connectivity index (χ0) is 14.7. The zero-order valence-corrected chi connectivity index (χ0v) is 13.2. The van der Waals surface area contributed by atoms with Crippen molar-refractivity contribution >= 4 is 23.2 Å². The van der Waals surface area contributed by atoms with E-state index in [0.29, 0.717) is 25.4 Å². The maximum Gasteiger partial charge on any atom is 0.228 e. The van der Waals surface area contributed by atoms with Crippen LogP contribution in [0.3, 0.4) is 0 Å². The normalized spacial score (nSPS) is 18.9. The highest BCUT2D eigenvalue weighted by Gasteiger charge is 2.35. The second-order valence-electron chi connectivity index (χ2n) is 5.87. The summed E-state index contributed by atoms with van der Waals surface area (Å²) in [7, 11) is 1.82. The van der Waals surface area contributed by atoms with Crippen LogP contribution in [0, 0.1) is 11.8 Å². The minimum Gasteiger partial charge on any atom is -0.342 e. The lowest BCUT2D eigenvalue weighted by Crippen LogP contribution is -2.35.